The van der Waals surface area contributed by atoms with Crippen LogP contribution in [-0.2, 0) is 6.54 Å². The third kappa shape index (κ3) is 3.50. The number of rotatable bonds is 4. The highest BCUT2D eigenvalue weighted by atomic mass is 35.5. The van der Waals surface area contributed by atoms with Crippen molar-refractivity contribution < 1.29 is 5.11 Å². The molecule has 3 heterocycles. The number of piperazine rings is 1. The van der Waals surface area contributed by atoms with E-state index in [1.165, 1.54) is 0 Å². The van der Waals surface area contributed by atoms with Crippen LogP contribution in [0.2, 0.25) is 10.2 Å². The number of nitrogens with zero attached hydrogens (tertiary/aromatic N) is 4. The predicted molar refractivity (Wildman–Crippen MR) is 121 cm³/mol. The summed E-state index contributed by atoms with van der Waals surface area (Å²) >= 11 is 12.7. The number of benzene rings is 2. The quantitative estimate of drug-likeness (QED) is 0.465. The van der Waals surface area contributed by atoms with Gasteiger partial charge < -0.3 is 15.0 Å². The minimum absolute atomic E-state index is 0.188. The van der Waals surface area contributed by atoms with E-state index >= 15 is 0 Å². The highest BCUT2D eigenvalue weighted by molar-refractivity contribution is 6.35. The second kappa shape index (κ2) is 8.04. The van der Waals surface area contributed by atoms with E-state index in [4.69, 9.17) is 28.2 Å². The summed E-state index contributed by atoms with van der Waals surface area (Å²) in [6, 6.07) is 12.9. The van der Waals surface area contributed by atoms with E-state index in [1.807, 2.05) is 30.3 Å². The molecule has 2 aromatic heterocycles. The molecule has 0 radical (unpaired) electrons. The minimum Gasteiger partial charge on any atom is -0.507 e. The van der Waals surface area contributed by atoms with Crippen molar-refractivity contribution in [2.24, 2.45) is 0 Å². The number of phenols is 1. The van der Waals surface area contributed by atoms with Crippen molar-refractivity contribution in [1.29, 1.82) is 0 Å². The Hall–Kier alpha value is -2.38. The van der Waals surface area contributed by atoms with E-state index in [2.05, 4.69) is 19.8 Å². The lowest BCUT2D eigenvalue weighted by Gasteiger charge is -2.27. The molecule has 8 heteroatoms. The molecule has 4 aromatic rings. The van der Waals surface area contributed by atoms with Gasteiger partial charge in [-0.1, -0.05) is 35.3 Å². The van der Waals surface area contributed by atoms with Crippen molar-refractivity contribution in [3.8, 4) is 17.1 Å². The van der Waals surface area contributed by atoms with Crippen LogP contribution in [0, 0.1) is 0 Å². The number of aromatic hydroxyl groups is 1. The first-order valence-electron chi connectivity index (χ1n) is 9.98. The van der Waals surface area contributed by atoms with Gasteiger partial charge in [0.25, 0.3) is 0 Å². The molecule has 6 nitrogen and oxygen atoms in total. The Balaban J connectivity index is 1.72. The van der Waals surface area contributed by atoms with E-state index in [-0.39, 0.29) is 5.75 Å². The first kappa shape index (κ1) is 19.6. The van der Waals surface area contributed by atoms with E-state index in [0.717, 1.165) is 55.7 Å². The fourth-order valence-corrected chi connectivity index (χ4v) is 4.48. The predicted octanol–water partition coefficient (Wildman–Crippen LogP) is 4.17. The summed E-state index contributed by atoms with van der Waals surface area (Å²) in [6.45, 7) is 5.61. The van der Waals surface area contributed by atoms with Crippen molar-refractivity contribution >= 4 is 45.1 Å². The molecule has 0 spiro atoms. The van der Waals surface area contributed by atoms with Crippen LogP contribution in [0.25, 0.3) is 33.3 Å². The van der Waals surface area contributed by atoms with Crippen molar-refractivity contribution in [2.75, 3.05) is 32.7 Å². The molecule has 1 fully saturated rings. The second-order valence-corrected chi connectivity index (χ2v) is 8.25. The zero-order valence-electron chi connectivity index (χ0n) is 16.3. The number of phenolic OH excluding ortho intramolecular Hbond substituents is 1. The molecule has 0 saturated carbocycles. The van der Waals surface area contributed by atoms with Gasteiger partial charge in [-0.15, -0.1) is 0 Å². The molecule has 2 N–H and O–H groups in total. The number of nitrogens with one attached hydrogen (secondary N) is 1. The second-order valence-electron chi connectivity index (χ2n) is 7.46. The molecule has 2 aromatic carbocycles. The van der Waals surface area contributed by atoms with Crippen LogP contribution < -0.4 is 5.32 Å². The SMILES string of the molecule is Oc1ccccc1-c1nc2c(Cl)nc3cc(Cl)ccc3c2n1CCN1CCNCC1. The summed E-state index contributed by atoms with van der Waals surface area (Å²) in [5.74, 6) is 0.872. The van der Waals surface area contributed by atoms with Crippen LogP contribution >= 0.6 is 23.2 Å². The summed E-state index contributed by atoms with van der Waals surface area (Å²) in [7, 11) is 0. The Labute approximate surface area is 184 Å². The van der Waals surface area contributed by atoms with Crippen LogP contribution in [0.4, 0.5) is 0 Å². The maximum Gasteiger partial charge on any atom is 0.157 e. The van der Waals surface area contributed by atoms with Gasteiger partial charge in [0.1, 0.15) is 17.1 Å². The van der Waals surface area contributed by atoms with E-state index in [1.54, 1.807) is 12.1 Å². The number of hydrogen-bond donors (Lipinski definition) is 2. The maximum absolute atomic E-state index is 10.5. The third-order valence-electron chi connectivity index (χ3n) is 5.59. The van der Waals surface area contributed by atoms with Gasteiger partial charge in [-0.05, 0) is 30.3 Å². The standard InChI is InChI=1S/C22H21Cl2N5O/c23-14-5-6-15-17(13-14)26-21(24)19-20(15)29(12-11-28-9-7-25-8-10-28)22(27-19)16-3-1-2-4-18(16)30/h1-6,13,25,30H,7-12H2. The van der Waals surface area contributed by atoms with Gasteiger partial charge in [0, 0.05) is 49.7 Å². The number of halogens is 2. The Morgan fingerprint density at radius 2 is 1.80 bits per heavy atom. The molecule has 5 rings (SSSR count). The van der Waals surface area contributed by atoms with Gasteiger partial charge in [0.05, 0.1) is 16.6 Å². The Kier molecular flexibility index (Phi) is 5.25. The van der Waals surface area contributed by atoms with Crippen molar-refractivity contribution in [1.82, 2.24) is 24.8 Å². The lowest BCUT2D eigenvalue weighted by molar-refractivity contribution is 0.233. The molecule has 154 valence electrons. The molecule has 30 heavy (non-hydrogen) atoms. The van der Waals surface area contributed by atoms with Crippen LogP contribution in [0.15, 0.2) is 42.5 Å². The van der Waals surface area contributed by atoms with Gasteiger partial charge in [-0.2, -0.15) is 0 Å². The molecular weight excluding hydrogens is 421 g/mol. The summed E-state index contributed by atoms with van der Waals surface area (Å²) in [5.41, 5.74) is 2.94. The Morgan fingerprint density at radius 3 is 2.60 bits per heavy atom. The smallest absolute Gasteiger partial charge is 0.157 e. The summed E-state index contributed by atoms with van der Waals surface area (Å²) < 4.78 is 2.15. The van der Waals surface area contributed by atoms with Crippen molar-refractivity contribution in [3.63, 3.8) is 0 Å². The molecule has 0 unspecified atom stereocenters. The molecular formula is C22H21Cl2N5O. The molecule has 1 aliphatic heterocycles. The van der Waals surface area contributed by atoms with Gasteiger partial charge in [0.15, 0.2) is 5.15 Å². The molecule has 0 aliphatic carbocycles. The fourth-order valence-electron chi connectivity index (χ4n) is 4.09. The van der Waals surface area contributed by atoms with Crippen LogP contribution in [-0.4, -0.2) is 57.3 Å². The summed E-state index contributed by atoms with van der Waals surface area (Å²) in [6.07, 6.45) is 0. The van der Waals surface area contributed by atoms with Gasteiger partial charge in [0.2, 0.25) is 0 Å². The average Bonchev–Trinajstić information content (AvgIpc) is 3.13. The number of hydrogen-bond acceptors (Lipinski definition) is 5. The lowest BCUT2D eigenvalue weighted by Crippen LogP contribution is -2.44. The lowest BCUT2D eigenvalue weighted by atomic mass is 10.1. The molecule has 0 amide bonds. The first-order valence-corrected chi connectivity index (χ1v) is 10.7. The topological polar surface area (TPSA) is 66.2 Å². The zero-order chi connectivity index (χ0) is 20.7. The van der Waals surface area contributed by atoms with Crippen molar-refractivity contribution in [3.05, 3.63) is 52.6 Å². The maximum atomic E-state index is 10.5. The fraction of sp³-hybridized carbons (Fsp3) is 0.273. The average molecular weight is 442 g/mol. The van der Waals surface area contributed by atoms with Crippen LogP contribution in [0.3, 0.4) is 0 Å². The minimum atomic E-state index is 0.188. The number of fused-ring (bicyclic) bond motifs is 3. The highest BCUT2D eigenvalue weighted by Gasteiger charge is 2.21. The van der Waals surface area contributed by atoms with Gasteiger partial charge in [-0.3, -0.25) is 4.90 Å². The molecule has 1 aliphatic rings. The van der Waals surface area contributed by atoms with Crippen LogP contribution in [0.1, 0.15) is 0 Å². The zero-order valence-corrected chi connectivity index (χ0v) is 17.8. The van der Waals surface area contributed by atoms with Crippen LogP contribution in [0.5, 0.6) is 5.75 Å². The molecule has 0 atom stereocenters. The summed E-state index contributed by atoms with van der Waals surface area (Å²) in [4.78, 5) is 11.8. The van der Waals surface area contributed by atoms with E-state index in [9.17, 15) is 5.11 Å². The first-order chi connectivity index (χ1) is 14.6. The third-order valence-corrected chi connectivity index (χ3v) is 6.09. The number of imidazole rings is 1. The molecule has 0 bridgehead atoms. The van der Waals surface area contributed by atoms with Gasteiger partial charge in [-0.25, -0.2) is 9.97 Å². The largest absolute Gasteiger partial charge is 0.507 e. The van der Waals surface area contributed by atoms with Gasteiger partial charge >= 0.3 is 0 Å². The Morgan fingerprint density at radius 1 is 1.00 bits per heavy atom. The summed E-state index contributed by atoms with van der Waals surface area (Å²) in [5, 5.41) is 15.8. The number of pyridine rings is 1. The monoisotopic (exact) mass is 441 g/mol. The number of aromatic nitrogens is 3. The van der Waals surface area contributed by atoms with E-state index < -0.39 is 0 Å². The number of para-hydroxylation sites is 1. The van der Waals surface area contributed by atoms with Crippen molar-refractivity contribution in [2.45, 2.75) is 6.54 Å². The normalized spacial score (nSPS) is 15.3. The highest BCUT2D eigenvalue weighted by Crippen LogP contribution is 2.36. The van der Waals surface area contributed by atoms with E-state index in [0.29, 0.717) is 27.1 Å². The molecule has 1 saturated heterocycles. The Bertz CT molecular complexity index is 1230.